The van der Waals surface area contributed by atoms with Gasteiger partial charge in [0.1, 0.15) is 0 Å². The summed E-state index contributed by atoms with van der Waals surface area (Å²) < 4.78 is 0. The Hall–Kier alpha value is -0.160. The van der Waals surface area contributed by atoms with Crippen LogP contribution in [-0.2, 0) is 0 Å². The first kappa shape index (κ1) is 13.4. The summed E-state index contributed by atoms with van der Waals surface area (Å²) in [5, 5.41) is 7.75. The summed E-state index contributed by atoms with van der Waals surface area (Å²) in [5.41, 5.74) is 15.2. The highest BCUT2D eigenvalue weighted by molar-refractivity contribution is 4.41. The van der Waals surface area contributed by atoms with E-state index in [-0.39, 0.29) is 6.61 Å². The lowest BCUT2D eigenvalue weighted by Crippen LogP contribution is -2.02. The lowest BCUT2D eigenvalue weighted by atomic mass is 10.2. The van der Waals surface area contributed by atoms with Crippen LogP contribution in [0.2, 0.25) is 0 Å². The molecule has 0 bridgehead atoms. The predicted octanol–water partition coefficient (Wildman–Crippen LogP) is -0.988. The number of hydrogen-bond acceptors (Lipinski definition) is 4. The Bertz CT molecular complexity index is 47.0. The first-order valence-electron chi connectivity index (χ1n) is 4.04. The van der Waals surface area contributed by atoms with Gasteiger partial charge in [0.25, 0.3) is 0 Å². The van der Waals surface area contributed by atoms with Gasteiger partial charge in [-0.3, -0.25) is 0 Å². The highest BCUT2D eigenvalue weighted by Crippen LogP contribution is 1.88. The van der Waals surface area contributed by atoms with Crippen molar-refractivity contribution in [3.05, 3.63) is 0 Å². The van der Waals surface area contributed by atoms with Crippen molar-refractivity contribution in [2.24, 2.45) is 17.2 Å². The minimum atomic E-state index is 0.0972. The van der Waals surface area contributed by atoms with Crippen LogP contribution >= 0.6 is 0 Å². The van der Waals surface area contributed by atoms with Crippen molar-refractivity contribution in [3.8, 4) is 0 Å². The molecule has 0 radical (unpaired) electrons. The molecule has 0 heterocycles. The van der Waals surface area contributed by atoms with Crippen molar-refractivity contribution in [3.63, 3.8) is 0 Å². The molecule has 0 aromatic carbocycles. The topological polar surface area (TPSA) is 98.3 Å². The molecule has 11 heavy (non-hydrogen) atoms. The molecule has 0 rings (SSSR count). The number of nitrogens with two attached hydrogens (primary N) is 3. The molecule has 4 heteroatoms. The van der Waals surface area contributed by atoms with Gasteiger partial charge in [0.05, 0.1) is 6.61 Å². The average Bonchev–Trinajstić information content (AvgIpc) is 2.06. The van der Waals surface area contributed by atoms with Gasteiger partial charge in [-0.15, -0.1) is 0 Å². The van der Waals surface area contributed by atoms with Crippen LogP contribution in [0.25, 0.3) is 0 Å². The number of hydrogen-bond donors (Lipinski definition) is 4. The van der Waals surface area contributed by atoms with Gasteiger partial charge in [-0.1, -0.05) is 6.42 Å². The zero-order valence-electron chi connectivity index (χ0n) is 7.13. The van der Waals surface area contributed by atoms with Crippen LogP contribution in [0.4, 0.5) is 0 Å². The molecule has 70 valence electrons. The minimum Gasteiger partial charge on any atom is -0.395 e. The number of rotatable bonds is 5. The normalized spacial score (nSPS) is 8.73. The maximum Gasteiger partial charge on any atom is 0.0553 e. The van der Waals surface area contributed by atoms with E-state index in [4.69, 9.17) is 22.3 Å². The van der Waals surface area contributed by atoms with Gasteiger partial charge in [0.2, 0.25) is 0 Å². The summed E-state index contributed by atoms with van der Waals surface area (Å²) >= 11 is 0. The second kappa shape index (κ2) is 16.4. The molecule has 0 amide bonds. The third kappa shape index (κ3) is 25.8. The Labute approximate surface area is 68.7 Å². The highest BCUT2D eigenvalue weighted by Gasteiger charge is 1.80. The molecule has 0 saturated heterocycles. The largest absolute Gasteiger partial charge is 0.395 e. The Morgan fingerprint density at radius 1 is 0.727 bits per heavy atom. The molecule has 0 atom stereocenters. The molecule has 0 aliphatic heterocycles. The standard InChI is InChI=1S/C5H14N2.C2H7NO/c6-4-2-1-3-5-7;3-1-2-4/h1-7H2;4H,1-3H2. The van der Waals surface area contributed by atoms with Gasteiger partial charge in [0.15, 0.2) is 0 Å². The van der Waals surface area contributed by atoms with Crippen LogP contribution in [0.3, 0.4) is 0 Å². The third-order valence-corrected chi connectivity index (χ3v) is 1.04. The van der Waals surface area contributed by atoms with Crippen LogP contribution in [0.15, 0.2) is 0 Å². The zero-order chi connectivity index (χ0) is 8.95. The van der Waals surface area contributed by atoms with E-state index in [1.165, 1.54) is 6.42 Å². The second-order valence-electron chi connectivity index (χ2n) is 2.15. The molecule has 0 aliphatic carbocycles. The fourth-order valence-corrected chi connectivity index (χ4v) is 0.465. The van der Waals surface area contributed by atoms with E-state index in [2.05, 4.69) is 0 Å². The van der Waals surface area contributed by atoms with Crippen molar-refractivity contribution in [1.82, 2.24) is 0 Å². The van der Waals surface area contributed by atoms with Crippen LogP contribution in [0.1, 0.15) is 19.3 Å². The van der Waals surface area contributed by atoms with E-state index in [9.17, 15) is 0 Å². The first-order chi connectivity index (χ1) is 5.33. The van der Waals surface area contributed by atoms with Crippen LogP contribution in [-0.4, -0.2) is 31.3 Å². The lowest BCUT2D eigenvalue weighted by molar-refractivity contribution is 0.306. The summed E-state index contributed by atoms with van der Waals surface area (Å²) in [4.78, 5) is 0. The molecule has 7 N–H and O–H groups in total. The van der Waals surface area contributed by atoms with E-state index in [0.717, 1.165) is 25.9 Å². The minimum absolute atomic E-state index is 0.0972. The van der Waals surface area contributed by atoms with Crippen molar-refractivity contribution >= 4 is 0 Å². The fraction of sp³-hybridized carbons (Fsp3) is 1.00. The second-order valence-corrected chi connectivity index (χ2v) is 2.15. The molecule has 0 saturated carbocycles. The molecule has 0 aromatic rings. The van der Waals surface area contributed by atoms with E-state index >= 15 is 0 Å². The zero-order valence-corrected chi connectivity index (χ0v) is 7.13. The Morgan fingerprint density at radius 2 is 1.09 bits per heavy atom. The van der Waals surface area contributed by atoms with E-state index in [1.807, 2.05) is 0 Å². The van der Waals surface area contributed by atoms with Gasteiger partial charge in [-0.05, 0) is 25.9 Å². The summed E-state index contributed by atoms with van der Waals surface area (Å²) in [7, 11) is 0. The lowest BCUT2D eigenvalue weighted by Gasteiger charge is -1.91. The Balaban J connectivity index is 0. The SMILES string of the molecule is NCCCCCN.NCCO. The molecule has 4 nitrogen and oxygen atoms in total. The van der Waals surface area contributed by atoms with Crippen molar-refractivity contribution < 1.29 is 5.11 Å². The monoisotopic (exact) mass is 163 g/mol. The van der Waals surface area contributed by atoms with E-state index < -0.39 is 0 Å². The van der Waals surface area contributed by atoms with Crippen molar-refractivity contribution in [1.29, 1.82) is 0 Å². The van der Waals surface area contributed by atoms with Crippen LogP contribution in [0, 0.1) is 0 Å². The molecule has 0 spiro atoms. The fourth-order valence-electron chi connectivity index (χ4n) is 0.465. The van der Waals surface area contributed by atoms with Gasteiger partial charge in [0, 0.05) is 6.54 Å². The van der Waals surface area contributed by atoms with Crippen LogP contribution in [0.5, 0.6) is 0 Å². The number of aliphatic hydroxyl groups is 1. The molecule has 0 aromatic heterocycles. The van der Waals surface area contributed by atoms with Gasteiger partial charge >= 0.3 is 0 Å². The van der Waals surface area contributed by atoms with Gasteiger partial charge in [-0.2, -0.15) is 0 Å². The average molecular weight is 163 g/mol. The quantitative estimate of drug-likeness (QED) is 0.391. The van der Waals surface area contributed by atoms with Crippen LogP contribution < -0.4 is 17.2 Å². The summed E-state index contributed by atoms with van der Waals surface area (Å²) in [5.74, 6) is 0. The van der Waals surface area contributed by atoms with Crippen molar-refractivity contribution in [2.75, 3.05) is 26.2 Å². The van der Waals surface area contributed by atoms with Gasteiger partial charge < -0.3 is 22.3 Å². The molecule has 0 aliphatic rings. The van der Waals surface area contributed by atoms with Crippen molar-refractivity contribution in [2.45, 2.75) is 19.3 Å². The van der Waals surface area contributed by atoms with Gasteiger partial charge in [-0.25, -0.2) is 0 Å². The molecule has 0 unspecified atom stereocenters. The van der Waals surface area contributed by atoms with E-state index in [1.54, 1.807) is 0 Å². The predicted molar refractivity (Wildman–Crippen MR) is 48.1 cm³/mol. The number of unbranched alkanes of at least 4 members (excludes halogenated alkanes) is 2. The highest BCUT2D eigenvalue weighted by atomic mass is 16.3. The number of aliphatic hydroxyl groups excluding tert-OH is 1. The maximum atomic E-state index is 7.75. The summed E-state index contributed by atoms with van der Waals surface area (Å²) in [6.07, 6.45) is 3.43. The van der Waals surface area contributed by atoms with E-state index in [0.29, 0.717) is 6.54 Å². The Kier molecular flexibility index (Phi) is 20.1. The molecule has 0 fully saturated rings. The molecular formula is C7H21N3O. The summed E-state index contributed by atoms with van der Waals surface area (Å²) in [6, 6.07) is 0. The summed E-state index contributed by atoms with van der Waals surface area (Å²) in [6.45, 7) is 2.08. The maximum absolute atomic E-state index is 7.75. The molecular weight excluding hydrogens is 142 g/mol. The first-order valence-corrected chi connectivity index (χ1v) is 4.04. The third-order valence-electron chi connectivity index (χ3n) is 1.04. The Morgan fingerprint density at radius 3 is 1.27 bits per heavy atom. The smallest absolute Gasteiger partial charge is 0.0553 e.